The van der Waals surface area contributed by atoms with Crippen molar-refractivity contribution in [2.75, 3.05) is 11.9 Å². The predicted molar refractivity (Wildman–Crippen MR) is 110 cm³/mol. The fourth-order valence-electron chi connectivity index (χ4n) is 2.86. The van der Waals surface area contributed by atoms with Crippen LogP contribution in [0, 0.1) is 0 Å². The molecule has 2 aromatic carbocycles. The summed E-state index contributed by atoms with van der Waals surface area (Å²) in [5, 5.41) is 7.13. The number of benzene rings is 2. The Morgan fingerprint density at radius 3 is 2.70 bits per heavy atom. The summed E-state index contributed by atoms with van der Waals surface area (Å²) in [5.74, 6) is -0.631. The molecule has 0 saturated carbocycles. The maximum atomic E-state index is 12.6. The van der Waals surface area contributed by atoms with Gasteiger partial charge in [0.25, 0.3) is 11.5 Å². The summed E-state index contributed by atoms with van der Waals surface area (Å²) in [6, 6.07) is 13.6. The van der Waals surface area contributed by atoms with Crippen molar-refractivity contribution in [3.05, 3.63) is 82.4 Å². The van der Waals surface area contributed by atoms with Gasteiger partial charge in [-0.05, 0) is 37.3 Å². The third-order valence-corrected chi connectivity index (χ3v) is 4.30. The first-order valence-corrected chi connectivity index (χ1v) is 9.18. The molecule has 0 radical (unpaired) electrons. The summed E-state index contributed by atoms with van der Waals surface area (Å²) in [4.78, 5) is 43.7. The van der Waals surface area contributed by atoms with Crippen LogP contribution < -0.4 is 10.9 Å². The van der Waals surface area contributed by atoms with Crippen LogP contribution in [0.5, 0.6) is 0 Å². The van der Waals surface area contributed by atoms with Crippen LogP contribution in [0.3, 0.4) is 0 Å². The monoisotopic (exact) mass is 403 g/mol. The van der Waals surface area contributed by atoms with E-state index in [0.717, 1.165) is 0 Å². The number of hydrogen-bond acceptors (Lipinski definition) is 6. The normalized spacial score (nSPS) is 10.7. The maximum Gasteiger partial charge on any atom is 0.341 e. The number of carbonyl (C=O) groups excluding carboxylic acids is 2. The van der Waals surface area contributed by atoms with E-state index in [1.807, 2.05) is 6.07 Å². The van der Waals surface area contributed by atoms with Gasteiger partial charge in [0.2, 0.25) is 5.95 Å². The molecular formula is C21H17N5O4. The molecule has 0 aliphatic heterocycles. The first-order valence-electron chi connectivity index (χ1n) is 9.18. The molecule has 0 bridgehead atoms. The molecule has 2 aromatic heterocycles. The van der Waals surface area contributed by atoms with Crippen LogP contribution in [0.1, 0.15) is 27.6 Å². The molecule has 4 rings (SSSR count). The smallest absolute Gasteiger partial charge is 0.341 e. The molecule has 150 valence electrons. The van der Waals surface area contributed by atoms with Crippen molar-refractivity contribution in [1.29, 1.82) is 0 Å². The Balaban J connectivity index is 1.62. The Kier molecular flexibility index (Phi) is 5.08. The number of rotatable bonds is 5. The maximum absolute atomic E-state index is 12.6. The Bertz CT molecular complexity index is 1290. The third kappa shape index (κ3) is 3.81. The molecule has 0 atom stereocenters. The number of H-pyrrole nitrogens is 1. The van der Waals surface area contributed by atoms with Crippen molar-refractivity contribution in [3.8, 4) is 5.95 Å². The summed E-state index contributed by atoms with van der Waals surface area (Å²) in [5.41, 5.74) is 1.24. The van der Waals surface area contributed by atoms with Gasteiger partial charge in [0, 0.05) is 17.4 Å². The number of hydrogen-bond donors (Lipinski definition) is 2. The molecule has 9 nitrogen and oxygen atoms in total. The number of nitrogens with zero attached hydrogens (tertiary/aromatic N) is 3. The van der Waals surface area contributed by atoms with Gasteiger partial charge in [-0.3, -0.25) is 14.6 Å². The molecule has 2 heterocycles. The van der Waals surface area contributed by atoms with E-state index in [-0.39, 0.29) is 24.0 Å². The van der Waals surface area contributed by atoms with Gasteiger partial charge in [-0.2, -0.15) is 5.10 Å². The minimum Gasteiger partial charge on any atom is -0.462 e. The first-order chi connectivity index (χ1) is 14.5. The number of aromatic amines is 1. The lowest BCUT2D eigenvalue weighted by Gasteiger charge is -2.07. The largest absolute Gasteiger partial charge is 0.462 e. The second-order valence-electron chi connectivity index (χ2n) is 6.34. The van der Waals surface area contributed by atoms with Gasteiger partial charge < -0.3 is 10.1 Å². The molecule has 0 aliphatic carbocycles. The Morgan fingerprint density at radius 1 is 1.13 bits per heavy atom. The van der Waals surface area contributed by atoms with Crippen molar-refractivity contribution in [3.63, 3.8) is 0 Å². The molecule has 0 fully saturated rings. The molecule has 9 heteroatoms. The summed E-state index contributed by atoms with van der Waals surface area (Å²) < 4.78 is 6.22. The van der Waals surface area contributed by atoms with Gasteiger partial charge >= 0.3 is 5.97 Å². The topological polar surface area (TPSA) is 119 Å². The SMILES string of the molecule is CCOC(=O)c1cnn(-c2nc3ccc(NC(=O)c4ccccc4)cc3c(=O)[nH]2)c1. The zero-order valence-corrected chi connectivity index (χ0v) is 16.0. The third-order valence-electron chi connectivity index (χ3n) is 4.30. The van der Waals surface area contributed by atoms with E-state index >= 15 is 0 Å². The van der Waals surface area contributed by atoms with Crippen LogP contribution in [0.4, 0.5) is 5.69 Å². The van der Waals surface area contributed by atoms with Gasteiger partial charge in [-0.15, -0.1) is 0 Å². The Morgan fingerprint density at radius 2 is 1.93 bits per heavy atom. The van der Waals surface area contributed by atoms with Crippen molar-refractivity contribution in [1.82, 2.24) is 19.7 Å². The highest BCUT2D eigenvalue weighted by Gasteiger charge is 2.13. The molecule has 0 spiro atoms. The standard InChI is InChI=1S/C21H17N5O4/c1-2-30-20(29)14-11-22-26(12-14)21-24-17-9-8-15(10-16(17)19(28)25-21)23-18(27)13-6-4-3-5-7-13/h3-12H,2H2,1H3,(H,23,27)(H,24,25,28). The van der Waals surface area contributed by atoms with Crippen LogP contribution in [-0.2, 0) is 4.74 Å². The van der Waals surface area contributed by atoms with Gasteiger partial charge in [0.05, 0.1) is 29.3 Å². The summed E-state index contributed by atoms with van der Waals surface area (Å²) in [6.07, 6.45) is 2.76. The molecule has 0 unspecified atom stereocenters. The van der Waals surface area contributed by atoms with Gasteiger partial charge in [0.15, 0.2) is 0 Å². The Labute approximate surface area is 170 Å². The van der Waals surface area contributed by atoms with Crippen LogP contribution in [0.25, 0.3) is 16.9 Å². The fraction of sp³-hybridized carbons (Fsp3) is 0.0952. The molecule has 2 N–H and O–H groups in total. The van der Waals surface area contributed by atoms with Gasteiger partial charge in [-0.1, -0.05) is 18.2 Å². The first kappa shape index (κ1) is 19.1. The van der Waals surface area contributed by atoms with E-state index in [1.54, 1.807) is 49.4 Å². The number of anilines is 1. The lowest BCUT2D eigenvalue weighted by atomic mass is 10.2. The molecule has 1 amide bonds. The lowest BCUT2D eigenvalue weighted by Crippen LogP contribution is -2.15. The van der Waals surface area contributed by atoms with E-state index in [4.69, 9.17) is 4.74 Å². The minimum atomic E-state index is -0.509. The van der Waals surface area contributed by atoms with Crippen LogP contribution in [0.15, 0.2) is 65.7 Å². The lowest BCUT2D eigenvalue weighted by molar-refractivity contribution is 0.0526. The predicted octanol–water partition coefficient (Wildman–Crippen LogP) is 2.54. The second kappa shape index (κ2) is 8.00. The average molecular weight is 403 g/mol. The zero-order valence-electron chi connectivity index (χ0n) is 16.0. The highest BCUT2D eigenvalue weighted by Crippen LogP contribution is 2.16. The number of ether oxygens (including phenoxy) is 1. The number of nitrogens with one attached hydrogen (secondary N) is 2. The average Bonchev–Trinajstić information content (AvgIpc) is 3.25. The zero-order chi connectivity index (χ0) is 21.1. The van der Waals surface area contributed by atoms with Gasteiger partial charge in [0.1, 0.15) is 0 Å². The molecule has 0 saturated heterocycles. The highest BCUT2D eigenvalue weighted by atomic mass is 16.5. The number of amides is 1. The van der Waals surface area contributed by atoms with E-state index in [2.05, 4.69) is 20.4 Å². The van der Waals surface area contributed by atoms with E-state index < -0.39 is 11.5 Å². The number of esters is 1. The highest BCUT2D eigenvalue weighted by molar-refractivity contribution is 6.05. The van der Waals surface area contributed by atoms with Crippen LogP contribution in [0.2, 0.25) is 0 Å². The van der Waals surface area contributed by atoms with Crippen molar-refractivity contribution in [2.45, 2.75) is 6.92 Å². The number of carbonyl (C=O) groups is 2. The fourth-order valence-corrected chi connectivity index (χ4v) is 2.86. The van der Waals surface area contributed by atoms with E-state index in [1.165, 1.54) is 17.1 Å². The van der Waals surface area contributed by atoms with Crippen molar-refractivity contribution in [2.24, 2.45) is 0 Å². The quantitative estimate of drug-likeness (QED) is 0.494. The van der Waals surface area contributed by atoms with Crippen LogP contribution >= 0.6 is 0 Å². The second-order valence-corrected chi connectivity index (χ2v) is 6.34. The summed E-state index contributed by atoms with van der Waals surface area (Å²) in [6.45, 7) is 1.96. The van der Waals surface area contributed by atoms with E-state index in [9.17, 15) is 14.4 Å². The number of fused-ring (bicyclic) bond motifs is 1. The molecule has 4 aromatic rings. The van der Waals surface area contributed by atoms with Crippen molar-refractivity contribution >= 4 is 28.5 Å². The summed E-state index contributed by atoms with van der Waals surface area (Å²) in [7, 11) is 0. The molecular weight excluding hydrogens is 386 g/mol. The van der Waals surface area contributed by atoms with Crippen molar-refractivity contribution < 1.29 is 14.3 Å². The van der Waals surface area contributed by atoms with Crippen LogP contribution in [-0.4, -0.2) is 38.2 Å². The summed E-state index contributed by atoms with van der Waals surface area (Å²) >= 11 is 0. The molecule has 0 aliphatic rings. The number of aromatic nitrogens is 4. The minimum absolute atomic E-state index is 0.157. The van der Waals surface area contributed by atoms with E-state index in [0.29, 0.717) is 22.2 Å². The van der Waals surface area contributed by atoms with Gasteiger partial charge in [-0.25, -0.2) is 14.5 Å². The Hall–Kier alpha value is -4.27. The molecule has 30 heavy (non-hydrogen) atoms.